The zero-order valence-electron chi connectivity index (χ0n) is 12.7. The molecule has 0 spiro atoms. The highest BCUT2D eigenvalue weighted by molar-refractivity contribution is 9.10. The van der Waals surface area contributed by atoms with Gasteiger partial charge in [-0.3, -0.25) is 0 Å². The number of carbonyl (C=O) groups excluding carboxylic acids is 1. The number of rotatable bonds is 3. The van der Waals surface area contributed by atoms with Crippen LogP contribution >= 0.6 is 15.9 Å². The van der Waals surface area contributed by atoms with Gasteiger partial charge in [0.2, 0.25) is 0 Å². The molecule has 22 heavy (non-hydrogen) atoms. The van der Waals surface area contributed by atoms with Crippen LogP contribution in [-0.2, 0) is 0 Å². The number of hydrogen-bond donors (Lipinski definition) is 3. The van der Waals surface area contributed by atoms with Gasteiger partial charge in [0.25, 0.3) is 0 Å². The molecule has 120 valence electrons. The third-order valence-corrected chi connectivity index (χ3v) is 5.48. The Morgan fingerprint density at radius 1 is 1.09 bits per heavy atom. The van der Waals surface area contributed by atoms with E-state index in [4.69, 9.17) is 5.73 Å². The van der Waals surface area contributed by atoms with E-state index in [9.17, 15) is 4.79 Å². The number of halogens is 1. The fourth-order valence-electron chi connectivity index (χ4n) is 3.48. The Balaban J connectivity index is 1.41. The molecule has 0 unspecified atom stereocenters. The van der Waals surface area contributed by atoms with Crippen LogP contribution < -0.4 is 16.4 Å². The molecule has 3 rings (SSSR count). The van der Waals surface area contributed by atoms with Crippen LogP contribution in [0.3, 0.4) is 0 Å². The van der Waals surface area contributed by atoms with Crippen molar-refractivity contribution in [3.8, 4) is 0 Å². The van der Waals surface area contributed by atoms with Crippen molar-refractivity contribution in [2.45, 2.75) is 62.6 Å². The standard InChI is InChI=1S/C17H24BrN3O/c18-13-7-5-11(6-8-13)12-9-14(10-12)20-17(22)21-16-4-2-1-3-15(16)19/h5-8,12,14-16H,1-4,9-10,19H2,(H2,20,21,22)/t12?,14?,15-,16-/m1/s1. The minimum Gasteiger partial charge on any atom is -0.335 e. The van der Waals surface area contributed by atoms with Crippen LogP contribution in [-0.4, -0.2) is 24.2 Å². The molecule has 2 saturated carbocycles. The first kappa shape index (κ1) is 15.8. The SMILES string of the molecule is N[C@@H]1CCCC[C@H]1NC(=O)NC1CC(c2ccc(Br)cc2)C1. The molecule has 5 heteroatoms. The highest BCUT2D eigenvalue weighted by Crippen LogP contribution is 2.37. The highest BCUT2D eigenvalue weighted by atomic mass is 79.9. The van der Waals surface area contributed by atoms with Gasteiger partial charge in [0.05, 0.1) is 0 Å². The second-order valence-electron chi connectivity index (χ2n) is 6.59. The zero-order chi connectivity index (χ0) is 15.5. The van der Waals surface area contributed by atoms with Crippen molar-refractivity contribution in [1.29, 1.82) is 0 Å². The van der Waals surface area contributed by atoms with Gasteiger partial charge < -0.3 is 16.4 Å². The Bertz CT molecular complexity index is 513. The van der Waals surface area contributed by atoms with Crippen molar-refractivity contribution >= 4 is 22.0 Å². The normalized spacial score (nSPS) is 31.2. The molecule has 0 aromatic heterocycles. The number of benzene rings is 1. The Morgan fingerprint density at radius 3 is 2.45 bits per heavy atom. The molecule has 4 nitrogen and oxygen atoms in total. The lowest BCUT2D eigenvalue weighted by Gasteiger charge is -2.37. The van der Waals surface area contributed by atoms with E-state index in [2.05, 4.69) is 50.8 Å². The third kappa shape index (κ3) is 3.82. The number of nitrogens with one attached hydrogen (secondary N) is 2. The van der Waals surface area contributed by atoms with E-state index >= 15 is 0 Å². The van der Waals surface area contributed by atoms with Crippen molar-refractivity contribution in [1.82, 2.24) is 10.6 Å². The number of urea groups is 1. The summed E-state index contributed by atoms with van der Waals surface area (Å²) in [5, 5.41) is 6.13. The maximum Gasteiger partial charge on any atom is 0.315 e. The lowest BCUT2D eigenvalue weighted by Crippen LogP contribution is -2.55. The van der Waals surface area contributed by atoms with E-state index in [1.807, 2.05) is 0 Å². The quantitative estimate of drug-likeness (QED) is 0.769. The van der Waals surface area contributed by atoms with Crippen LogP contribution in [0.1, 0.15) is 50.0 Å². The lowest BCUT2D eigenvalue weighted by atomic mass is 9.76. The summed E-state index contributed by atoms with van der Waals surface area (Å²) in [6.07, 6.45) is 6.39. The van der Waals surface area contributed by atoms with Gasteiger partial charge in [-0.05, 0) is 49.3 Å². The molecule has 1 aromatic rings. The number of carbonyl (C=O) groups is 1. The Kier molecular flexibility index (Phi) is 5.03. The van der Waals surface area contributed by atoms with E-state index < -0.39 is 0 Å². The summed E-state index contributed by atoms with van der Waals surface area (Å²) in [5.74, 6) is 0.565. The summed E-state index contributed by atoms with van der Waals surface area (Å²) >= 11 is 3.46. The van der Waals surface area contributed by atoms with Crippen molar-refractivity contribution in [2.24, 2.45) is 5.73 Å². The second-order valence-corrected chi connectivity index (χ2v) is 7.51. The van der Waals surface area contributed by atoms with Crippen molar-refractivity contribution in [2.75, 3.05) is 0 Å². The third-order valence-electron chi connectivity index (χ3n) is 4.95. The first-order chi connectivity index (χ1) is 10.6. The summed E-state index contributed by atoms with van der Waals surface area (Å²) in [4.78, 5) is 12.1. The molecule has 0 bridgehead atoms. The fraction of sp³-hybridized carbons (Fsp3) is 0.588. The minimum absolute atomic E-state index is 0.0541. The summed E-state index contributed by atoms with van der Waals surface area (Å²) in [5.41, 5.74) is 7.43. The number of nitrogens with two attached hydrogens (primary N) is 1. The molecule has 2 atom stereocenters. The predicted molar refractivity (Wildman–Crippen MR) is 91.8 cm³/mol. The topological polar surface area (TPSA) is 67.1 Å². The summed E-state index contributed by atoms with van der Waals surface area (Å²) in [6, 6.07) is 8.95. The summed E-state index contributed by atoms with van der Waals surface area (Å²) in [6.45, 7) is 0. The Hall–Kier alpha value is -1.07. The van der Waals surface area contributed by atoms with Gasteiger partial charge in [-0.2, -0.15) is 0 Å². The number of amides is 2. The summed E-state index contributed by atoms with van der Waals surface area (Å²) in [7, 11) is 0. The van der Waals surface area contributed by atoms with Crippen LogP contribution in [0.15, 0.2) is 28.7 Å². The van der Waals surface area contributed by atoms with Gasteiger partial charge in [0.15, 0.2) is 0 Å². The van der Waals surface area contributed by atoms with E-state index in [0.29, 0.717) is 5.92 Å². The van der Waals surface area contributed by atoms with E-state index in [0.717, 1.165) is 36.6 Å². The molecule has 2 fully saturated rings. The largest absolute Gasteiger partial charge is 0.335 e. The molecule has 0 aliphatic heterocycles. The van der Waals surface area contributed by atoms with Crippen LogP contribution in [0.5, 0.6) is 0 Å². The molecular weight excluding hydrogens is 342 g/mol. The van der Waals surface area contributed by atoms with Gasteiger partial charge in [-0.15, -0.1) is 0 Å². The van der Waals surface area contributed by atoms with E-state index in [1.165, 1.54) is 12.0 Å². The maximum atomic E-state index is 12.1. The maximum absolute atomic E-state index is 12.1. The molecule has 2 aliphatic carbocycles. The second kappa shape index (κ2) is 7.01. The number of hydrogen-bond acceptors (Lipinski definition) is 2. The highest BCUT2D eigenvalue weighted by Gasteiger charge is 2.32. The van der Waals surface area contributed by atoms with E-state index in [-0.39, 0.29) is 24.2 Å². The molecule has 0 heterocycles. The van der Waals surface area contributed by atoms with Crippen molar-refractivity contribution < 1.29 is 4.79 Å². The monoisotopic (exact) mass is 365 g/mol. The Morgan fingerprint density at radius 2 is 1.77 bits per heavy atom. The van der Waals surface area contributed by atoms with Gasteiger partial charge in [-0.1, -0.05) is 40.9 Å². The average molecular weight is 366 g/mol. The molecule has 0 saturated heterocycles. The molecule has 4 N–H and O–H groups in total. The van der Waals surface area contributed by atoms with E-state index in [1.54, 1.807) is 0 Å². The molecule has 2 amide bonds. The minimum atomic E-state index is -0.0541. The van der Waals surface area contributed by atoms with Crippen LogP contribution in [0, 0.1) is 0 Å². The zero-order valence-corrected chi connectivity index (χ0v) is 14.3. The first-order valence-corrected chi connectivity index (χ1v) is 8.99. The van der Waals surface area contributed by atoms with Gasteiger partial charge in [-0.25, -0.2) is 4.79 Å². The Labute approximate surface area is 140 Å². The van der Waals surface area contributed by atoms with Crippen molar-refractivity contribution in [3.05, 3.63) is 34.3 Å². The predicted octanol–water partition coefficient (Wildman–Crippen LogP) is 3.26. The molecule has 2 aliphatic rings. The fourth-order valence-corrected chi connectivity index (χ4v) is 3.74. The molecule has 0 radical (unpaired) electrons. The van der Waals surface area contributed by atoms with Crippen molar-refractivity contribution in [3.63, 3.8) is 0 Å². The lowest BCUT2D eigenvalue weighted by molar-refractivity contribution is 0.212. The molecule has 1 aromatic carbocycles. The van der Waals surface area contributed by atoms with Gasteiger partial charge in [0.1, 0.15) is 0 Å². The smallest absolute Gasteiger partial charge is 0.315 e. The molecular formula is C17H24BrN3O. The van der Waals surface area contributed by atoms with Crippen LogP contribution in [0.25, 0.3) is 0 Å². The first-order valence-electron chi connectivity index (χ1n) is 8.20. The van der Waals surface area contributed by atoms with Crippen LogP contribution in [0.2, 0.25) is 0 Å². The average Bonchev–Trinajstić information content (AvgIpc) is 2.46. The van der Waals surface area contributed by atoms with Crippen LogP contribution in [0.4, 0.5) is 4.79 Å². The van der Waals surface area contributed by atoms with Gasteiger partial charge in [0, 0.05) is 22.6 Å². The summed E-state index contributed by atoms with van der Waals surface area (Å²) < 4.78 is 1.11. The van der Waals surface area contributed by atoms with Gasteiger partial charge >= 0.3 is 6.03 Å².